The van der Waals surface area contributed by atoms with Crippen molar-refractivity contribution in [1.29, 1.82) is 0 Å². The number of rotatable bonds is 29. The van der Waals surface area contributed by atoms with Crippen molar-refractivity contribution in [2.75, 3.05) is 7.11 Å². The van der Waals surface area contributed by atoms with Gasteiger partial charge in [0.1, 0.15) is 51.2 Å². The number of aromatic hydroxyl groups is 5. The van der Waals surface area contributed by atoms with Crippen LogP contribution in [0.4, 0.5) is 0 Å². The maximum absolute atomic E-state index is 11.9. The number of hydrogen-bond donors (Lipinski definition) is 10. The zero-order chi connectivity index (χ0) is 66.6. The molecule has 90 heavy (non-hydrogen) atoms. The highest BCUT2D eigenvalue weighted by molar-refractivity contribution is 5.98. The maximum atomic E-state index is 11.9. The van der Waals surface area contributed by atoms with Crippen LogP contribution >= 0.6 is 0 Å². The molecule has 0 radical (unpaired) electrons. The molecule has 478 valence electrons. The van der Waals surface area contributed by atoms with Gasteiger partial charge in [-0.2, -0.15) is 0 Å². The molecule has 6 rings (SSSR count). The number of aliphatic hydroxyl groups excluding tert-OH is 2. The number of hydrogen-bond acceptors (Lipinski definition) is 11. The van der Waals surface area contributed by atoms with E-state index in [1.807, 2.05) is 130 Å². The molecule has 0 unspecified atom stereocenters. The minimum atomic E-state index is -1.24. The Labute approximate surface area is 530 Å². The van der Waals surface area contributed by atoms with Gasteiger partial charge in [0.25, 0.3) is 0 Å². The first kappa shape index (κ1) is 73.1. The predicted octanol–water partition coefficient (Wildman–Crippen LogP) is 16.1. The lowest BCUT2D eigenvalue weighted by Crippen LogP contribution is -2.08. The third-order valence-electron chi connectivity index (χ3n) is 15.3. The van der Waals surface area contributed by atoms with Crippen LogP contribution in [-0.4, -0.2) is 88.3 Å². The van der Waals surface area contributed by atoms with Crippen LogP contribution in [0, 0.1) is 0 Å². The van der Waals surface area contributed by atoms with Crippen LogP contribution in [0.15, 0.2) is 180 Å². The zero-order valence-electron chi connectivity index (χ0n) is 53.2. The van der Waals surface area contributed by atoms with Gasteiger partial charge in [-0.3, -0.25) is 0 Å². The summed E-state index contributed by atoms with van der Waals surface area (Å²) in [6.45, 7) is 21.0. The van der Waals surface area contributed by atoms with E-state index in [0.29, 0.717) is 85.8 Å². The normalized spacial score (nSPS) is 12.2. The molecule has 0 amide bonds. The van der Waals surface area contributed by atoms with Crippen LogP contribution in [0.5, 0.6) is 34.5 Å². The van der Waals surface area contributed by atoms with Crippen molar-refractivity contribution >= 4 is 30.1 Å². The lowest BCUT2D eigenvalue weighted by atomic mass is 9.94. The van der Waals surface area contributed by atoms with Crippen molar-refractivity contribution in [3.05, 3.63) is 247 Å². The van der Waals surface area contributed by atoms with E-state index in [0.717, 1.165) is 51.8 Å². The molecule has 2 atom stereocenters. The molecule has 10 N–H and O–H groups in total. The molecule has 0 saturated carbocycles. The molecule has 0 aliphatic rings. The summed E-state index contributed by atoms with van der Waals surface area (Å²) in [6, 6.07) is 33.4. The topological polar surface area (TPSA) is 263 Å². The van der Waals surface area contributed by atoms with Crippen LogP contribution in [0.1, 0.15) is 168 Å². The fourth-order valence-electron chi connectivity index (χ4n) is 9.75. The Balaban J connectivity index is 0.000000288. The second-order valence-corrected chi connectivity index (χ2v) is 22.9. The first-order valence-electron chi connectivity index (χ1n) is 30.1. The standard InChI is InChI=1S/C26H32O5.C25H30O5.C25H28O4/c1-17(2)22(27)15-11-18(3)10-14-21-23(31-4)16-20(24(25(21)28)26(29)30)13-12-19-8-6-5-7-9-19;1-16(2)21(26)14-10-17(3)9-13-20-22(27)15-19(23(24(20)28)25(29)30)12-11-18-7-5-4-6-8-18;1-17(2)8-7-9-18(3)12-15-21-22(26)16-20(23(24(21)27)25(28)29)14-13-19-10-5-4-6-11-19/h5-10,16,22,27-28H,1,11-15H2,2-4H3,(H,29,30);4-9,15,21,26-28H,1,10-14H2,2-3H3,(H,29,30);4-6,8,10-14,16,26-27H,7,9,15H2,1-3H3,(H,28,29)/b18-10+;17-9+;14-13+,18-12+/t22-;21-;/m00./s1. The maximum Gasteiger partial charge on any atom is 0.340 e. The minimum Gasteiger partial charge on any atom is -0.508 e. The van der Waals surface area contributed by atoms with Gasteiger partial charge in [-0.25, -0.2) is 14.4 Å². The second kappa shape index (κ2) is 36.8. The van der Waals surface area contributed by atoms with E-state index >= 15 is 0 Å². The fourth-order valence-corrected chi connectivity index (χ4v) is 9.75. The van der Waals surface area contributed by atoms with Crippen LogP contribution in [0.3, 0.4) is 0 Å². The van der Waals surface area contributed by atoms with E-state index in [1.54, 1.807) is 32.1 Å². The number of ether oxygens (including phenoxy) is 1. The van der Waals surface area contributed by atoms with Crippen molar-refractivity contribution in [2.24, 2.45) is 0 Å². The van der Waals surface area contributed by atoms with Crippen molar-refractivity contribution in [2.45, 2.75) is 144 Å². The Hall–Kier alpha value is -9.37. The van der Waals surface area contributed by atoms with E-state index in [9.17, 15) is 65.4 Å². The Morgan fingerprint density at radius 3 is 1.29 bits per heavy atom. The molecule has 6 aromatic rings. The van der Waals surface area contributed by atoms with Gasteiger partial charge < -0.3 is 55.8 Å². The van der Waals surface area contributed by atoms with E-state index in [1.165, 1.54) is 24.8 Å². The van der Waals surface area contributed by atoms with Crippen molar-refractivity contribution in [1.82, 2.24) is 0 Å². The van der Waals surface area contributed by atoms with E-state index in [4.69, 9.17) is 4.74 Å². The molecule has 14 nitrogen and oxygen atoms in total. The Morgan fingerprint density at radius 2 is 0.867 bits per heavy atom. The van der Waals surface area contributed by atoms with Gasteiger partial charge in [0.15, 0.2) is 0 Å². The number of phenols is 5. The number of carbonyl (C=O) groups is 3. The van der Waals surface area contributed by atoms with Gasteiger partial charge in [0.2, 0.25) is 0 Å². The number of carboxylic acids is 3. The molecule has 6 aromatic carbocycles. The molecule has 0 bridgehead atoms. The van der Waals surface area contributed by atoms with Crippen molar-refractivity contribution in [3.8, 4) is 34.5 Å². The summed E-state index contributed by atoms with van der Waals surface area (Å²) in [6.07, 6.45) is 17.2. The number of phenolic OH excluding ortho intramolecular Hbond substituents is 2. The predicted molar refractivity (Wildman–Crippen MR) is 359 cm³/mol. The molecule has 0 fully saturated rings. The summed E-state index contributed by atoms with van der Waals surface area (Å²) < 4.78 is 5.48. The number of allylic oxidation sites excluding steroid dienone is 8. The Bertz CT molecular complexity index is 3570. The third kappa shape index (κ3) is 23.3. The zero-order valence-corrected chi connectivity index (χ0v) is 53.2. The summed E-state index contributed by atoms with van der Waals surface area (Å²) in [7, 11) is 1.51. The smallest absolute Gasteiger partial charge is 0.340 e. The van der Waals surface area contributed by atoms with Gasteiger partial charge in [-0.15, -0.1) is 0 Å². The van der Waals surface area contributed by atoms with Gasteiger partial charge in [0.05, 0.1) is 19.3 Å². The quantitative estimate of drug-likeness (QED) is 0.0155. The summed E-state index contributed by atoms with van der Waals surface area (Å²) >= 11 is 0. The number of aryl methyl sites for hydroxylation is 4. The first-order chi connectivity index (χ1) is 42.7. The highest BCUT2D eigenvalue weighted by Crippen LogP contribution is 2.39. The summed E-state index contributed by atoms with van der Waals surface area (Å²) in [5.74, 6) is -4.41. The second-order valence-electron chi connectivity index (χ2n) is 22.9. The molecular formula is C76H90O14. The van der Waals surface area contributed by atoms with E-state index < -0.39 is 41.6 Å². The average Bonchev–Trinajstić information content (AvgIpc) is 1.15. The fraction of sp³-hybridized carbons (Fsp3) is 0.303. The van der Waals surface area contributed by atoms with Crippen molar-refractivity contribution < 1.29 is 70.2 Å². The largest absolute Gasteiger partial charge is 0.508 e. The van der Waals surface area contributed by atoms with Crippen molar-refractivity contribution in [3.63, 3.8) is 0 Å². The molecule has 0 spiro atoms. The van der Waals surface area contributed by atoms with Gasteiger partial charge in [0, 0.05) is 16.7 Å². The highest BCUT2D eigenvalue weighted by Gasteiger charge is 2.25. The third-order valence-corrected chi connectivity index (χ3v) is 15.3. The van der Waals surface area contributed by atoms with Crippen LogP contribution in [-0.2, 0) is 44.9 Å². The lowest BCUT2D eigenvalue weighted by Gasteiger charge is -2.16. The molecule has 14 heteroatoms. The highest BCUT2D eigenvalue weighted by atomic mass is 16.5. The van der Waals surface area contributed by atoms with Crippen LogP contribution in [0.2, 0.25) is 0 Å². The van der Waals surface area contributed by atoms with Crippen LogP contribution in [0.25, 0.3) is 12.2 Å². The Morgan fingerprint density at radius 1 is 0.478 bits per heavy atom. The Kier molecular flexibility index (Phi) is 29.9. The molecular weight excluding hydrogens is 1140 g/mol. The number of aliphatic hydroxyl groups is 2. The number of carboxylic acid groups (broad SMARTS) is 3. The number of aromatic carboxylic acids is 3. The first-order valence-corrected chi connectivity index (χ1v) is 30.1. The monoisotopic (exact) mass is 1230 g/mol. The van der Waals surface area contributed by atoms with E-state index in [2.05, 4.69) is 33.1 Å². The molecule has 0 heterocycles. The van der Waals surface area contributed by atoms with Crippen LogP contribution < -0.4 is 4.74 Å². The summed E-state index contributed by atoms with van der Waals surface area (Å²) in [4.78, 5) is 35.5. The number of methoxy groups -OCH3 is 1. The average molecular weight is 1230 g/mol. The van der Waals surface area contributed by atoms with Gasteiger partial charge in [-0.05, 0) is 184 Å². The van der Waals surface area contributed by atoms with Gasteiger partial charge >= 0.3 is 17.9 Å². The van der Waals surface area contributed by atoms with Gasteiger partial charge in [-0.1, -0.05) is 174 Å². The van der Waals surface area contributed by atoms with E-state index in [-0.39, 0.29) is 63.5 Å². The molecule has 0 aromatic heterocycles. The lowest BCUT2D eigenvalue weighted by molar-refractivity contribution is 0.0680. The molecule has 0 aliphatic heterocycles. The molecule has 0 aliphatic carbocycles. The summed E-state index contributed by atoms with van der Waals surface area (Å²) in [5.41, 5.74) is 10.5. The SMILES string of the molecule is C=C(C)[C@@H](O)CC/C(C)=C/Cc1c(O)cc(CCc2ccccc2)c(C(=O)O)c1O.C=C(C)[C@@H](O)CC/C(C)=C/Cc1c(OC)cc(CCc2ccccc2)c(C(=O)O)c1O.CC(C)=CCC/C(C)=C/Cc1c(O)cc(/C=C/c2ccccc2)c(C(=O)O)c1O. The number of benzene rings is 6. The minimum absolute atomic E-state index is 0.0736. The summed E-state index contributed by atoms with van der Waals surface area (Å²) in [5, 5.41) is 102. The molecule has 0 saturated heterocycles.